The van der Waals surface area contributed by atoms with E-state index < -0.39 is 30.2 Å². The molecular weight excluding hydrogens is 288 g/mol. The van der Waals surface area contributed by atoms with Crippen molar-refractivity contribution in [1.82, 2.24) is 0 Å². The van der Waals surface area contributed by atoms with Crippen molar-refractivity contribution in [1.29, 1.82) is 10.7 Å². The number of nitriles is 1. The first-order chi connectivity index (χ1) is 10.4. The van der Waals surface area contributed by atoms with E-state index in [1.165, 1.54) is 38.3 Å². The average Bonchev–Trinajstić information content (AvgIpc) is 2.52. The van der Waals surface area contributed by atoms with Crippen LogP contribution < -0.4 is 0 Å². The number of Topliss-reactive ketones (excluding diaryl/α,β-unsaturated/α-hetero) is 1. The highest BCUT2D eigenvalue weighted by Crippen LogP contribution is 2.08. The van der Waals surface area contributed by atoms with Crippen molar-refractivity contribution in [3.05, 3.63) is 35.4 Å². The van der Waals surface area contributed by atoms with Gasteiger partial charge in [-0.2, -0.15) is 5.26 Å². The number of nitrogens with zero attached hydrogens (tertiary/aromatic N) is 1. The smallest absolute Gasteiger partial charge is 0.338 e. The summed E-state index contributed by atoms with van der Waals surface area (Å²) >= 11 is 0. The number of carbonyl (C=O) groups excluding carboxylic acids is 3. The number of methoxy groups -OCH3 is 1. The maximum Gasteiger partial charge on any atom is 0.338 e. The molecule has 0 aromatic heterocycles. The number of hydrogen-bond donors (Lipinski definition) is 1. The van der Waals surface area contributed by atoms with E-state index in [4.69, 9.17) is 15.4 Å². The van der Waals surface area contributed by atoms with Crippen LogP contribution in [0.3, 0.4) is 0 Å². The highest BCUT2D eigenvalue weighted by Gasteiger charge is 2.21. The molecule has 1 N–H and O–H groups in total. The summed E-state index contributed by atoms with van der Waals surface area (Å²) in [7, 11) is 1.24. The summed E-state index contributed by atoms with van der Waals surface area (Å²) in [6.45, 7) is 0.741. The summed E-state index contributed by atoms with van der Waals surface area (Å²) in [4.78, 5) is 34.6. The summed E-state index contributed by atoms with van der Waals surface area (Å²) < 4.78 is 9.32. The van der Waals surface area contributed by atoms with E-state index in [1.807, 2.05) is 0 Å². The van der Waals surface area contributed by atoms with Crippen LogP contribution in [0.5, 0.6) is 0 Å². The van der Waals surface area contributed by atoms with E-state index in [9.17, 15) is 14.4 Å². The molecule has 0 amide bonds. The molecule has 0 heterocycles. The van der Waals surface area contributed by atoms with E-state index in [2.05, 4.69) is 4.74 Å². The van der Waals surface area contributed by atoms with Crippen LogP contribution in [-0.4, -0.2) is 37.2 Å². The summed E-state index contributed by atoms with van der Waals surface area (Å²) in [6.07, 6.45) is 0. The Morgan fingerprint density at radius 2 is 1.68 bits per heavy atom. The van der Waals surface area contributed by atoms with Gasteiger partial charge in [0.25, 0.3) is 0 Å². The third-order valence-corrected chi connectivity index (χ3v) is 2.77. The van der Waals surface area contributed by atoms with Gasteiger partial charge in [0.15, 0.2) is 12.4 Å². The molecule has 0 aliphatic heterocycles. The topological polar surface area (TPSA) is 117 Å². The number of esters is 2. The van der Waals surface area contributed by atoms with Gasteiger partial charge in [0.1, 0.15) is 5.92 Å². The highest BCUT2D eigenvalue weighted by atomic mass is 16.5. The number of ketones is 1. The third kappa shape index (κ3) is 4.24. The number of ether oxygens (including phenoxy) is 2. The maximum absolute atomic E-state index is 11.8. The van der Waals surface area contributed by atoms with Gasteiger partial charge in [0.05, 0.1) is 24.3 Å². The molecule has 0 bridgehead atoms. The molecule has 0 fully saturated rings. The molecule has 1 rings (SSSR count). The van der Waals surface area contributed by atoms with Gasteiger partial charge >= 0.3 is 11.9 Å². The number of carbonyl (C=O) groups is 3. The Hall–Kier alpha value is -3.01. The Balaban J connectivity index is 2.66. The van der Waals surface area contributed by atoms with Crippen LogP contribution in [-0.2, 0) is 14.3 Å². The predicted octanol–water partition coefficient (Wildman–Crippen LogP) is 1.38. The van der Waals surface area contributed by atoms with E-state index in [1.54, 1.807) is 6.07 Å². The summed E-state index contributed by atoms with van der Waals surface area (Å²) in [5.74, 6) is -3.17. The summed E-state index contributed by atoms with van der Waals surface area (Å²) in [5, 5.41) is 16.0. The van der Waals surface area contributed by atoms with Crippen LogP contribution in [0.1, 0.15) is 27.6 Å². The van der Waals surface area contributed by atoms with Crippen LogP contribution in [0.25, 0.3) is 0 Å². The van der Waals surface area contributed by atoms with Crippen LogP contribution in [0.15, 0.2) is 24.3 Å². The summed E-state index contributed by atoms with van der Waals surface area (Å²) in [6, 6.07) is 7.19. The lowest BCUT2D eigenvalue weighted by molar-refractivity contribution is -0.122. The molecule has 0 saturated carbocycles. The van der Waals surface area contributed by atoms with Crippen LogP contribution in [0.4, 0.5) is 0 Å². The number of nitrogens with one attached hydrogen (secondary N) is 1. The Morgan fingerprint density at radius 1 is 1.18 bits per heavy atom. The second-order valence-corrected chi connectivity index (χ2v) is 4.36. The van der Waals surface area contributed by atoms with Gasteiger partial charge in [0.2, 0.25) is 0 Å². The number of rotatable bonds is 6. The fourth-order valence-electron chi connectivity index (χ4n) is 1.57. The standard InChI is InChI=1S/C15H14N2O5/c1-9(17)12(7-16)13(18)8-22-15(20)11-5-3-10(4-6-11)14(19)21-2/h3-6,12,17H,8H2,1-2H3. The van der Waals surface area contributed by atoms with Crippen molar-refractivity contribution >= 4 is 23.4 Å². The predicted molar refractivity (Wildman–Crippen MR) is 75.6 cm³/mol. The Bertz CT molecular complexity index is 643. The van der Waals surface area contributed by atoms with Gasteiger partial charge in [-0.3, -0.25) is 4.79 Å². The second-order valence-electron chi connectivity index (χ2n) is 4.36. The minimum Gasteiger partial charge on any atom is -0.465 e. The summed E-state index contributed by atoms with van der Waals surface area (Å²) in [5.41, 5.74) is 0.325. The largest absolute Gasteiger partial charge is 0.465 e. The maximum atomic E-state index is 11.8. The van der Waals surface area contributed by atoms with Gasteiger partial charge < -0.3 is 14.9 Å². The third-order valence-electron chi connectivity index (χ3n) is 2.77. The minimum absolute atomic E-state index is 0.106. The molecule has 1 unspecified atom stereocenters. The molecule has 7 heteroatoms. The number of hydrogen-bond acceptors (Lipinski definition) is 7. The minimum atomic E-state index is -1.21. The van der Waals surface area contributed by atoms with Crippen molar-refractivity contribution in [3.63, 3.8) is 0 Å². The Kier molecular flexibility index (Phi) is 5.96. The highest BCUT2D eigenvalue weighted by molar-refractivity contribution is 6.06. The fraction of sp³-hybridized carbons (Fsp3) is 0.267. The molecule has 0 spiro atoms. The van der Waals surface area contributed by atoms with E-state index >= 15 is 0 Å². The lowest BCUT2D eigenvalue weighted by Gasteiger charge is -2.07. The SMILES string of the molecule is COC(=O)c1ccc(C(=O)OCC(=O)C(C#N)C(C)=N)cc1. The van der Waals surface area contributed by atoms with Gasteiger partial charge in [-0.05, 0) is 31.2 Å². The van der Waals surface area contributed by atoms with Gasteiger partial charge in [-0.15, -0.1) is 0 Å². The van der Waals surface area contributed by atoms with E-state index in [0.717, 1.165) is 0 Å². The molecule has 114 valence electrons. The van der Waals surface area contributed by atoms with Crippen LogP contribution >= 0.6 is 0 Å². The first kappa shape index (κ1) is 17.0. The molecule has 22 heavy (non-hydrogen) atoms. The zero-order valence-corrected chi connectivity index (χ0v) is 12.1. The van der Waals surface area contributed by atoms with Crippen molar-refractivity contribution in [3.8, 4) is 6.07 Å². The zero-order chi connectivity index (χ0) is 16.7. The van der Waals surface area contributed by atoms with Crippen molar-refractivity contribution in [2.75, 3.05) is 13.7 Å². The average molecular weight is 302 g/mol. The lowest BCUT2D eigenvalue weighted by atomic mass is 10.0. The molecule has 1 aromatic rings. The molecule has 0 aliphatic carbocycles. The molecule has 0 aliphatic rings. The number of benzene rings is 1. The van der Waals surface area contributed by atoms with E-state index in [0.29, 0.717) is 0 Å². The van der Waals surface area contributed by atoms with Gasteiger partial charge in [0, 0.05) is 5.71 Å². The molecular formula is C15H14N2O5. The fourth-order valence-corrected chi connectivity index (χ4v) is 1.57. The second kappa shape index (κ2) is 7.69. The normalized spacial score (nSPS) is 11.0. The monoisotopic (exact) mass is 302 g/mol. The van der Waals surface area contributed by atoms with Crippen LogP contribution in [0, 0.1) is 22.7 Å². The Morgan fingerprint density at radius 3 is 2.09 bits per heavy atom. The van der Waals surface area contributed by atoms with Crippen molar-refractivity contribution in [2.45, 2.75) is 6.92 Å². The quantitative estimate of drug-likeness (QED) is 0.626. The van der Waals surface area contributed by atoms with Crippen molar-refractivity contribution in [2.24, 2.45) is 5.92 Å². The first-order valence-electron chi connectivity index (χ1n) is 6.23. The Labute approximate surface area is 127 Å². The van der Waals surface area contributed by atoms with E-state index in [-0.39, 0.29) is 16.8 Å². The molecule has 1 aromatic carbocycles. The van der Waals surface area contributed by atoms with Crippen molar-refractivity contribution < 1.29 is 23.9 Å². The molecule has 0 radical (unpaired) electrons. The van der Waals surface area contributed by atoms with Gasteiger partial charge in [-0.25, -0.2) is 9.59 Å². The zero-order valence-electron chi connectivity index (χ0n) is 12.1. The lowest BCUT2D eigenvalue weighted by Crippen LogP contribution is -2.25. The van der Waals surface area contributed by atoms with Crippen LogP contribution in [0.2, 0.25) is 0 Å². The first-order valence-corrected chi connectivity index (χ1v) is 6.23. The molecule has 1 atom stereocenters. The molecule has 0 saturated heterocycles. The molecule has 7 nitrogen and oxygen atoms in total. The van der Waals surface area contributed by atoms with Gasteiger partial charge in [-0.1, -0.05) is 0 Å².